The molecule has 6 nitrogen and oxygen atoms in total. The Bertz CT molecular complexity index is 898. The zero-order chi connectivity index (χ0) is 18.2. The van der Waals surface area contributed by atoms with Crippen LogP contribution in [-0.4, -0.2) is 35.6 Å². The van der Waals surface area contributed by atoms with Crippen LogP contribution in [-0.2, 0) is 21.1 Å². The van der Waals surface area contributed by atoms with E-state index < -0.39 is 9.84 Å². The van der Waals surface area contributed by atoms with Crippen LogP contribution in [0.3, 0.4) is 0 Å². The molecule has 0 saturated carbocycles. The molecule has 7 heteroatoms. The number of anilines is 1. The summed E-state index contributed by atoms with van der Waals surface area (Å²) in [4.78, 5) is 12.4. The fraction of sp³-hybridized carbons (Fsp3) is 0.444. The van der Waals surface area contributed by atoms with Crippen LogP contribution in [0.1, 0.15) is 35.0 Å². The first-order valence-electron chi connectivity index (χ1n) is 8.37. The molecule has 1 saturated heterocycles. The molecule has 1 aliphatic rings. The molecule has 1 atom stereocenters. The summed E-state index contributed by atoms with van der Waals surface area (Å²) < 4.78 is 25.2. The van der Waals surface area contributed by atoms with Crippen LogP contribution in [0.4, 0.5) is 5.69 Å². The lowest BCUT2D eigenvalue weighted by Gasteiger charge is -2.11. The summed E-state index contributed by atoms with van der Waals surface area (Å²) in [5.74, 6) is 0.233. The third-order valence-electron chi connectivity index (χ3n) is 4.70. The van der Waals surface area contributed by atoms with E-state index in [0.29, 0.717) is 6.42 Å². The molecule has 1 aromatic heterocycles. The molecule has 134 valence electrons. The van der Waals surface area contributed by atoms with E-state index in [1.807, 2.05) is 45.0 Å². The zero-order valence-corrected chi connectivity index (χ0v) is 15.6. The predicted octanol–water partition coefficient (Wildman–Crippen LogP) is 2.35. The number of rotatable bonds is 4. The Labute approximate surface area is 148 Å². The minimum atomic E-state index is -2.97. The third-order valence-corrected chi connectivity index (χ3v) is 6.45. The number of carbonyl (C=O) groups is 1. The topological polar surface area (TPSA) is 81.1 Å². The van der Waals surface area contributed by atoms with Crippen LogP contribution in [0.5, 0.6) is 0 Å². The molecular formula is C18H23N3O3S. The van der Waals surface area contributed by atoms with Gasteiger partial charge in [-0.3, -0.25) is 9.48 Å². The molecule has 2 heterocycles. The van der Waals surface area contributed by atoms with Gasteiger partial charge in [-0.15, -0.1) is 0 Å². The standard InChI is InChI=1S/C18H23N3O3S/c1-12-4-6-15(7-5-12)19-18(22)10-17-13(2)20-21(14(17)3)16-8-9-25(23,24)11-16/h4-7,16H,8-11H2,1-3H3,(H,19,22). The van der Waals surface area contributed by atoms with Gasteiger partial charge in [-0.1, -0.05) is 17.7 Å². The molecule has 1 unspecified atom stereocenters. The molecule has 0 spiro atoms. The molecule has 2 aromatic rings. The molecule has 25 heavy (non-hydrogen) atoms. The van der Waals surface area contributed by atoms with Gasteiger partial charge in [-0.05, 0) is 39.3 Å². The van der Waals surface area contributed by atoms with Crippen molar-refractivity contribution in [3.05, 3.63) is 46.8 Å². The van der Waals surface area contributed by atoms with Gasteiger partial charge in [-0.2, -0.15) is 5.10 Å². The Hall–Kier alpha value is -2.15. The SMILES string of the molecule is Cc1ccc(NC(=O)Cc2c(C)nn(C3CCS(=O)(=O)C3)c2C)cc1. The van der Waals surface area contributed by atoms with Crippen molar-refractivity contribution in [2.24, 2.45) is 0 Å². The van der Waals surface area contributed by atoms with Gasteiger partial charge >= 0.3 is 0 Å². The summed E-state index contributed by atoms with van der Waals surface area (Å²) in [6.45, 7) is 5.76. The van der Waals surface area contributed by atoms with Crippen molar-refractivity contribution < 1.29 is 13.2 Å². The first-order chi connectivity index (χ1) is 11.7. The zero-order valence-electron chi connectivity index (χ0n) is 14.7. The number of aryl methyl sites for hydroxylation is 2. The van der Waals surface area contributed by atoms with Crippen molar-refractivity contribution in [1.82, 2.24) is 9.78 Å². The van der Waals surface area contributed by atoms with E-state index >= 15 is 0 Å². The number of nitrogens with one attached hydrogen (secondary N) is 1. The van der Waals surface area contributed by atoms with Crippen LogP contribution in [0.2, 0.25) is 0 Å². The quantitative estimate of drug-likeness (QED) is 0.906. The van der Waals surface area contributed by atoms with Gasteiger partial charge in [0.25, 0.3) is 0 Å². The first-order valence-corrected chi connectivity index (χ1v) is 10.2. The Balaban J connectivity index is 1.74. The molecular weight excluding hydrogens is 338 g/mol. The second kappa shape index (κ2) is 6.63. The highest BCUT2D eigenvalue weighted by Gasteiger charge is 2.31. The van der Waals surface area contributed by atoms with E-state index in [1.165, 1.54) is 0 Å². The summed E-state index contributed by atoms with van der Waals surface area (Å²) in [6.07, 6.45) is 0.810. The van der Waals surface area contributed by atoms with E-state index in [0.717, 1.165) is 28.2 Å². The fourth-order valence-corrected chi connectivity index (χ4v) is 4.97. The maximum atomic E-state index is 12.4. The van der Waals surface area contributed by atoms with Gasteiger partial charge in [-0.25, -0.2) is 8.42 Å². The van der Waals surface area contributed by atoms with E-state index in [1.54, 1.807) is 4.68 Å². The van der Waals surface area contributed by atoms with E-state index in [2.05, 4.69) is 10.4 Å². The van der Waals surface area contributed by atoms with Crippen molar-refractivity contribution in [3.63, 3.8) is 0 Å². The van der Waals surface area contributed by atoms with Gasteiger partial charge in [0, 0.05) is 16.9 Å². The molecule has 0 aliphatic carbocycles. The Morgan fingerprint density at radius 2 is 1.92 bits per heavy atom. The normalized spacial score (nSPS) is 19.1. The van der Waals surface area contributed by atoms with Crippen molar-refractivity contribution in [1.29, 1.82) is 0 Å². The van der Waals surface area contributed by atoms with Gasteiger partial charge in [0.15, 0.2) is 9.84 Å². The Kier molecular flexibility index (Phi) is 4.69. The molecule has 1 amide bonds. The van der Waals surface area contributed by atoms with Crippen molar-refractivity contribution >= 4 is 21.4 Å². The van der Waals surface area contributed by atoms with Crippen molar-refractivity contribution in [2.75, 3.05) is 16.8 Å². The highest BCUT2D eigenvalue weighted by molar-refractivity contribution is 7.91. The molecule has 0 bridgehead atoms. The van der Waals surface area contributed by atoms with Crippen LogP contribution < -0.4 is 5.32 Å². The van der Waals surface area contributed by atoms with E-state index in [9.17, 15) is 13.2 Å². The van der Waals surface area contributed by atoms with Crippen LogP contribution >= 0.6 is 0 Å². The Morgan fingerprint density at radius 3 is 2.52 bits per heavy atom. The molecule has 1 aromatic carbocycles. The lowest BCUT2D eigenvalue weighted by molar-refractivity contribution is -0.115. The summed E-state index contributed by atoms with van der Waals surface area (Å²) in [7, 11) is -2.97. The number of carbonyl (C=O) groups excluding carboxylic acids is 1. The smallest absolute Gasteiger partial charge is 0.228 e. The number of hydrogen-bond donors (Lipinski definition) is 1. The minimum absolute atomic E-state index is 0.103. The minimum Gasteiger partial charge on any atom is -0.326 e. The average Bonchev–Trinajstić information content (AvgIpc) is 3.03. The van der Waals surface area contributed by atoms with Gasteiger partial charge in [0.1, 0.15) is 0 Å². The summed E-state index contributed by atoms with van der Waals surface area (Å²) in [6, 6.07) is 7.52. The number of aromatic nitrogens is 2. The molecule has 1 aliphatic heterocycles. The van der Waals surface area contributed by atoms with Gasteiger partial charge in [0.2, 0.25) is 5.91 Å². The van der Waals surface area contributed by atoms with E-state index in [4.69, 9.17) is 0 Å². The van der Waals surface area contributed by atoms with Crippen molar-refractivity contribution in [2.45, 2.75) is 39.7 Å². The number of nitrogens with zero attached hydrogens (tertiary/aromatic N) is 2. The maximum Gasteiger partial charge on any atom is 0.228 e. The maximum absolute atomic E-state index is 12.4. The lowest BCUT2D eigenvalue weighted by atomic mass is 10.1. The fourth-order valence-electron chi connectivity index (χ4n) is 3.28. The summed E-state index contributed by atoms with van der Waals surface area (Å²) in [5.41, 5.74) is 4.42. The number of sulfone groups is 1. The van der Waals surface area contributed by atoms with Crippen molar-refractivity contribution in [3.8, 4) is 0 Å². The third kappa shape index (κ3) is 3.92. The predicted molar refractivity (Wildman–Crippen MR) is 97.5 cm³/mol. The highest BCUT2D eigenvalue weighted by atomic mass is 32.2. The summed E-state index contributed by atoms with van der Waals surface area (Å²) >= 11 is 0. The number of benzene rings is 1. The highest BCUT2D eigenvalue weighted by Crippen LogP contribution is 2.27. The number of hydrogen-bond acceptors (Lipinski definition) is 4. The Morgan fingerprint density at radius 1 is 1.24 bits per heavy atom. The largest absolute Gasteiger partial charge is 0.326 e. The van der Waals surface area contributed by atoms with Crippen LogP contribution in [0.15, 0.2) is 24.3 Å². The molecule has 3 rings (SSSR count). The summed E-state index contributed by atoms with van der Waals surface area (Å²) in [5, 5.41) is 7.39. The van der Waals surface area contributed by atoms with E-state index in [-0.39, 0.29) is 29.9 Å². The second-order valence-corrected chi connectivity index (χ2v) is 8.97. The van der Waals surface area contributed by atoms with Gasteiger partial charge in [0.05, 0.1) is 29.7 Å². The monoisotopic (exact) mass is 361 g/mol. The average molecular weight is 361 g/mol. The van der Waals surface area contributed by atoms with Crippen LogP contribution in [0, 0.1) is 20.8 Å². The van der Waals surface area contributed by atoms with Crippen LogP contribution in [0.25, 0.3) is 0 Å². The lowest BCUT2D eigenvalue weighted by Crippen LogP contribution is -2.16. The van der Waals surface area contributed by atoms with Gasteiger partial charge < -0.3 is 5.32 Å². The molecule has 1 N–H and O–H groups in total. The first kappa shape index (κ1) is 17.7. The number of amides is 1. The molecule has 1 fully saturated rings. The molecule has 0 radical (unpaired) electrons. The second-order valence-electron chi connectivity index (χ2n) is 6.74.